The molecule has 0 saturated carbocycles. The lowest BCUT2D eigenvalue weighted by Gasteiger charge is -2.18. The lowest BCUT2D eigenvalue weighted by molar-refractivity contribution is 0.223. The first-order valence-electron chi connectivity index (χ1n) is 9.03. The van der Waals surface area contributed by atoms with Crippen molar-refractivity contribution in [3.63, 3.8) is 0 Å². The van der Waals surface area contributed by atoms with Crippen molar-refractivity contribution in [1.82, 2.24) is 10.6 Å². The van der Waals surface area contributed by atoms with Crippen LogP contribution in [0.3, 0.4) is 0 Å². The second-order valence-electron chi connectivity index (χ2n) is 6.05. The van der Waals surface area contributed by atoms with Crippen LogP contribution in [0.15, 0.2) is 53.5 Å². The van der Waals surface area contributed by atoms with Gasteiger partial charge in [-0.15, -0.1) is 24.0 Å². The van der Waals surface area contributed by atoms with Gasteiger partial charge in [-0.1, -0.05) is 24.3 Å². The molecule has 0 aliphatic rings. The van der Waals surface area contributed by atoms with E-state index in [4.69, 9.17) is 14.2 Å². The quantitative estimate of drug-likeness (QED) is 0.314. The van der Waals surface area contributed by atoms with Crippen LogP contribution < -0.4 is 24.8 Å². The molecule has 2 aromatic carbocycles. The number of hydrogen-bond acceptors (Lipinski definition) is 4. The Morgan fingerprint density at radius 1 is 1.00 bits per heavy atom. The summed E-state index contributed by atoms with van der Waals surface area (Å²) in [4.78, 5) is 4.26. The lowest BCUT2D eigenvalue weighted by atomic mass is 10.1. The highest BCUT2D eigenvalue weighted by Gasteiger charge is 2.07. The van der Waals surface area contributed by atoms with E-state index in [1.807, 2.05) is 49.4 Å². The molecule has 0 aliphatic carbocycles. The van der Waals surface area contributed by atoms with Gasteiger partial charge in [-0.25, -0.2) is 0 Å². The van der Waals surface area contributed by atoms with E-state index in [0.29, 0.717) is 6.54 Å². The molecule has 0 aromatic heterocycles. The molecule has 1 unspecified atom stereocenters. The summed E-state index contributed by atoms with van der Waals surface area (Å²) in [6.07, 6.45) is 0.825. The van der Waals surface area contributed by atoms with Crippen molar-refractivity contribution in [2.75, 3.05) is 34.4 Å². The Kier molecular flexibility index (Phi) is 11.2. The van der Waals surface area contributed by atoms with Gasteiger partial charge in [0.15, 0.2) is 5.96 Å². The number of ether oxygens (including phenoxy) is 3. The predicted octanol–water partition coefficient (Wildman–Crippen LogP) is 3.50. The summed E-state index contributed by atoms with van der Waals surface area (Å²) in [6, 6.07) is 15.6. The molecule has 0 aliphatic heterocycles. The van der Waals surface area contributed by atoms with Crippen LogP contribution in [0.4, 0.5) is 0 Å². The van der Waals surface area contributed by atoms with Crippen molar-refractivity contribution >= 4 is 29.9 Å². The second-order valence-corrected chi connectivity index (χ2v) is 6.05. The molecule has 7 heteroatoms. The first kappa shape index (κ1) is 23.9. The van der Waals surface area contributed by atoms with Crippen LogP contribution in [-0.2, 0) is 6.42 Å². The first-order chi connectivity index (χ1) is 13.2. The second kappa shape index (κ2) is 13.1. The highest BCUT2D eigenvalue weighted by Crippen LogP contribution is 2.20. The Labute approximate surface area is 184 Å². The molecule has 2 N–H and O–H groups in total. The van der Waals surface area contributed by atoms with Gasteiger partial charge >= 0.3 is 0 Å². The summed E-state index contributed by atoms with van der Waals surface area (Å²) in [5, 5.41) is 6.60. The van der Waals surface area contributed by atoms with Crippen molar-refractivity contribution in [2.45, 2.75) is 19.4 Å². The van der Waals surface area contributed by atoms with E-state index in [2.05, 4.69) is 21.7 Å². The van der Waals surface area contributed by atoms with Gasteiger partial charge in [-0.05, 0) is 37.1 Å². The first-order valence-corrected chi connectivity index (χ1v) is 9.03. The van der Waals surface area contributed by atoms with Crippen molar-refractivity contribution in [2.24, 2.45) is 4.99 Å². The molecule has 0 spiro atoms. The van der Waals surface area contributed by atoms with Crippen molar-refractivity contribution < 1.29 is 14.2 Å². The Bertz CT molecular complexity index is 740. The number of para-hydroxylation sites is 1. The van der Waals surface area contributed by atoms with E-state index < -0.39 is 0 Å². The van der Waals surface area contributed by atoms with Gasteiger partial charge in [0, 0.05) is 19.7 Å². The third-order valence-corrected chi connectivity index (χ3v) is 4.04. The molecule has 2 rings (SSSR count). The minimum absolute atomic E-state index is 0. The zero-order chi connectivity index (χ0) is 19.5. The third kappa shape index (κ3) is 7.84. The smallest absolute Gasteiger partial charge is 0.191 e. The van der Waals surface area contributed by atoms with Crippen LogP contribution in [0.25, 0.3) is 0 Å². The van der Waals surface area contributed by atoms with Crippen LogP contribution in [0.1, 0.15) is 12.5 Å². The number of nitrogens with one attached hydrogen (secondary N) is 2. The maximum Gasteiger partial charge on any atom is 0.191 e. The number of guanidine groups is 1. The normalized spacial score (nSPS) is 11.8. The summed E-state index contributed by atoms with van der Waals surface area (Å²) in [6.45, 7) is 3.39. The van der Waals surface area contributed by atoms with E-state index in [1.165, 1.54) is 0 Å². The molecule has 0 saturated heterocycles. The van der Waals surface area contributed by atoms with E-state index in [-0.39, 0.29) is 30.1 Å². The minimum Gasteiger partial charge on any atom is -0.497 e. The molecule has 2 aromatic rings. The maximum atomic E-state index is 5.91. The van der Waals surface area contributed by atoms with Crippen LogP contribution in [0.2, 0.25) is 0 Å². The van der Waals surface area contributed by atoms with E-state index >= 15 is 0 Å². The molecule has 0 radical (unpaired) electrons. The summed E-state index contributed by atoms with van der Waals surface area (Å²) in [5.74, 6) is 3.21. The Morgan fingerprint density at radius 3 is 2.46 bits per heavy atom. The number of benzene rings is 2. The van der Waals surface area contributed by atoms with E-state index in [9.17, 15) is 0 Å². The Balaban J connectivity index is 0.00000392. The molecule has 1 atom stereocenters. The standard InChI is InChI=1S/C21H29N3O3.HI/c1-16(27-19-10-7-9-18(14-19)25-3)15-24-21(22-2)23-13-12-17-8-5-6-11-20(17)26-4;/h5-11,14,16H,12-13,15H2,1-4H3,(H2,22,23,24);1H. The van der Waals surface area contributed by atoms with Gasteiger partial charge in [0.25, 0.3) is 0 Å². The summed E-state index contributed by atoms with van der Waals surface area (Å²) in [7, 11) is 5.09. The van der Waals surface area contributed by atoms with Crippen molar-refractivity contribution in [3.05, 3.63) is 54.1 Å². The molecule has 0 bridgehead atoms. The zero-order valence-corrected chi connectivity index (χ0v) is 19.2. The number of nitrogens with zero attached hydrogens (tertiary/aromatic N) is 1. The Hall–Kier alpha value is -2.16. The summed E-state index contributed by atoms with van der Waals surface area (Å²) < 4.78 is 16.5. The molecule has 0 fully saturated rings. The van der Waals surface area contributed by atoms with Crippen LogP contribution >= 0.6 is 24.0 Å². The van der Waals surface area contributed by atoms with Gasteiger partial charge in [0.2, 0.25) is 0 Å². The summed E-state index contributed by atoms with van der Waals surface area (Å²) >= 11 is 0. The van der Waals surface area contributed by atoms with Crippen molar-refractivity contribution in [3.8, 4) is 17.2 Å². The third-order valence-electron chi connectivity index (χ3n) is 4.04. The van der Waals surface area contributed by atoms with Crippen LogP contribution in [0, 0.1) is 0 Å². The van der Waals surface area contributed by atoms with Crippen LogP contribution in [0.5, 0.6) is 17.2 Å². The lowest BCUT2D eigenvalue weighted by Crippen LogP contribution is -2.42. The monoisotopic (exact) mass is 499 g/mol. The number of halogens is 1. The fraction of sp³-hybridized carbons (Fsp3) is 0.381. The molecule has 6 nitrogen and oxygen atoms in total. The SMILES string of the molecule is CN=C(NCCc1ccccc1OC)NCC(C)Oc1cccc(OC)c1.I. The molecular formula is C21H30IN3O3. The Morgan fingerprint density at radius 2 is 1.75 bits per heavy atom. The maximum absolute atomic E-state index is 5.91. The molecular weight excluding hydrogens is 469 g/mol. The van der Waals surface area contributed by atoms with Gasteiger partial charge < -0.3 is 24.8 Å². The fourth-order valence-corrected chi connectivity index (χ4v) is 2.63. The number of methoxy groups -OCH3 is 2. The zero-order valence-electron chi connectivity index (χ0n) is 16.9. The largest absolute Gasteiger partial charge is 0.497 e. The average Bonchev–Trinajstić information content (AvgIpc) is 2.71. The number of aliphatic imine (C=N–C) groups is 1. The molecule has 0 heterocycles. The predicted molar refractivity (Wildman–Crippen MR) is 125 cm³/mol. The van der Waals surface area contributed by atoms with Gasteiger partial charge in [-0.3, -0.25) is 4.99 Å². The highest BCUT2D eigenvalue weighted by atomic mass is 127. The van der Waals surface area contributed by atoms with Crippen LogP contribution in [-0.4, -0.2) is 46.4 Å². The van der Waals surface area contributed by atoms with E-state index in [0.717, 1.165) is 41.7 Å². The van der Waals surface area contributed by atoms with Gasteiger partial charge in [-0.2, -0.15) is 0 Å². The van der Waals surface area contributed by atoms with E-state index in [1.54, 1.807) is 21.3 Å². The minimum atomic E-state index is -0.0233. The summed E-state index contributed by atoms with van der Waals surface area (Å²) in [5.41, 5.74) is 1.16. The topological polar surface area (TPSA) is 64.1 Å². The van der Waals surface area contributed by atoms with Crippen molar-refractivity contribution in [1.29, 1.82) is 0 Å². The molecule has 154 valence electrons. The average molecular weight is 499 g/mol. The number of hydrogen-bond donors (Lipinski definition) is 2. The highest BCUT2D eigenvalue weighted by molar-refractivity contribution is 14.0. The van der Waals surface area contributed by atoms with Gasteiger partial charge in [0.1, 0.15) is 23.4 Å². The fourth-order valence-electron chi connectivity index (χ4n) is 2.63. The molecule has 0 amide bonds. The number of rotatable bonds is 9. The van der Waals surface area contributed by atoms with Gasteiger partial charge in [0.05, 0.1) is 20.8 Å². The molecule has 28 heavy (non-hydrogen) atoms.